The van der Waals surface area contributed by atoms with Gasteiger partial charge in [0, 0.05) is 12.8 Å². The Morgan fingerprint density at radius 3 is 1.94 bits per heavy atom. The summed E-state index contributed by atoms with van der Waals surface area (Å²) in [6.45, 7) is 5.32. The van der Waals surface area contributed by atoms with Crippen molar-refractivity contribution in [1.82, 2.24) is 4.90 Å². The first-order valence-corrected chi connectivity index (χ1v) is 6.36. The van der Waals surface area contributed by atoms with Gasteiger partial charge in [-0.05, 0) is 33.6 Å². The van der Waals surface area contributed by atoms with Gasteiger partial charge in [-0.1, -0.05) is 0 Å². The number of ketones is 2. The molecule has 18 heavy (non-hydrogen) atoms. The van der Waals surface area contributed by atoms with Crippen molar-refractivity contribution in [3.05, 3.63) is 0 Å². The molecule has 5 heteroatoms. The maximum absolute atomic E-state index is 12.1. The summed E-state index contributed by atoms with van der Waals surface area (Å²) in [5.41, 5.74) is -0.616. The molecule has 2 atom stereocenters. The molecule has 0 aromatic carbocycles. The second-order valence-electron chi connectivity index (χ2n) is 5.93. The summed E-state index contributed by atoms with van der Waals surface area (Å²) < 4.78 is 5.29. The molecule has 0 aromatic rings. The maximum Gasteiger partial charge on any atom is 0.411 e. The zero-order valence-corrected chi connectivity index (χ0v) is 11.1. The van der Waals surface area contributed by atoms with Crippen LogP contribution in [0.2, 0.25) is 0 Å². The lowest BCUT2D eigenvalue weighted by molar-refractivity contribution is -0.140. The molecule has 2 saturated heterocycles. The van der Waals surface area contributed by atoms with Crippen LogP contribution in [0.4, 0.5) is 4.79 Å². The molecule has 2 bridgehead atoms. The number of nitrogens with zero attached hydrogens (tertiary/aromatic N) is 1. The van der Waals surface area contributed by atoms with Crippen LogP contribution in [0.3, 0.4) is 0 Å². The minimum Gasteiger partial charge on any atom is -0.444 e. The highest BCUT2D eigenvalue weighted by Crippen LogP contribution is 2.31. The van der Waals surface area contributed by atoms with Crippen LogP contribution in [0.1, 0.15) is 46.5 Å². The molecule has 5 nitrogen and oxygen atoms in total. The quantitative estimate of drug-likeness (QED) is 0.659. The average molecular weight is 253 g/mol. The molecule has 2 fully saturated rings. The molecular formula is C13H19NO4. The lowest BCUT2D eigenvalue weighted by atomic mass is 9.83. The summed E-state index contributed by atoms with van der Waals surface area (Å²) in [7, 11) is 0. The summed E-state index contributed by atoms with van der Waals surface area (Å²) >= 11 is 0. The third-order valence-corrected chi connectivity index (χ3v) is 3.35. The van der Waals surface area contributed by atoms with Crippen LogP contribution in [0.5, 0.6) is 0 Å². The van der Waals surface area contributed by atoms with Gasteiger partial charge in [-0.3, -0.25) is 14.5 Å². The summed E-state index contributed by atoms with van der Waals surface area (Å²) in [5, 5.41) is 0. The first-order valence-electron chi connectivity index (χ1n) is 6.36. The van der Waals surface area contributed by atoms with Gasteiger partial charge in [0.15, 0.2) is 11.6 Å². The van der Waals surface area contributed by atoms with Crippen molar-refractivity contribution in [2.24, 2.45) is 0 Å². The number of Topliss-reactive ketones (excluding diaryl/α,β-unsaturated/α-hetero) is 2. The Labute approximate surface area is 106 Å². The molecular weight excluding hydrogens is 234 g/mol. The van der Waals surface area contributed by atoms with Crippen LogP contribution in [0.15, 0.2) is 0 Å². The summed E-state index contributed by atoms with van der Waals surface area (Å²) in [5.74, 6) is 0.0919. The number of amides is 1. The van der Waals surface area contributed by atoms with E-state index in [0.717, 1.165) is 0 Å². The van der Waals surface area contributed by atoms with E-state index in [1.54, 1.807) is 20.8 Å². The van der Waals surface area contributed by atoms with Gasteiger partial charge in [-0.15, -0.1) is 0 Å². The van der Waals surface area contributed by atoms with Gasteiger partial charge in [0.25, 0.3) is 0 Å². The Balaban J connectivity index is 2.21. The van der Waals surface area contributed by atoms with E-state index in [9.17, 15) is 14.4 Å². The van der Waals surface area contributed by atoms with Crippen molar-refractivity contribution in [1.29, 1.82) is 0 Å². The Morgan fingerprint density at radius 2 is 1.56 bits per heavy atom. The minimum absolute atomic E-state index is 0.0459. The summed E-state index contributed by atoms with van der Waals surface area (Å²) in [6.07, 6.45) is 1.11. The van der Waals surface area contributed by atoms with Gasteiger partial charge in [0.05, 0.1) is 12.1 Å². The van der Waals surface area contributed by atoms with E-state index >= 15 is 0 Å². The molecule has 1 amide bonds. The molecule has 0 radical (unpaired) electrons. The summed E-state index contributed by atoms with van der Waals surface area (Å²) in [6, 6.07) is -0.924. The molecule has 2 rings (SSSR count). The number of hydrogen-bond acceptors (Lipinski definition) is 4. The summed E-state index contributed by atoms with van der Waals surface area (Å²) in [4.78, 5) is 37.1. The maximum atomic E-state index is 12.1. The minimum atomic E-state index is -0.616. The predicted molar refractivity (Wildman–Crippen MR) is 64.1 cm³/mol. The standard InChI is InChI=1S/C13H19NO4/c1-13(2,3)18-12(17)14-8-4-6-10(15)9(14)5-7-11(8)16/h8-9H,4-7H2,1-3H3/t8-,9-/m1/s1. The van der Waals surface area contributed by atoms with Crippen LogP contribution in [0, 0.1) is 0 Å². The van der Waals surface area contributed by atoms with Crippen molar-refractivity contribution in [3.8, 4) is 0 Å². The number of fused-ring (bicyclic) bond motifs is 2. The van der Waals surface area contributed by atoms with E-state index in [1.807, 2.05) is 0 Å². The van der Waals surface area contributed by atoms with Gasteiger partial charge in [-0.25, -0.2) is 4.79 Å². The van der Waals surface area contributed by atoms with Crippen molar-refractivity contribution >= 4 is 17.7 Å². The zero-order chi connectivity index (χ0) is 13.5. The number of hydrogen-bond donors (Lipinski definition) is 0. The van der Waals surface area contributed by atoms with E-state index < -0.39 is 23.8 Å². The first-order chi connectivity index (χ1) is 8.29. The van der Waals surface area contributed by atoms with Crippen molar-refractivity contribution < 1.29 is 19.1 Å². The van der Waals surface area contributed by atoms with E-state index in [4.69, 9.17) is 4.74 Å². The van der Waals surface area contributed by atoms with Gasteiger partial charge >= 0.3 is 6.09 Å². The van der Waals surface area contributed by atoms with Crippen LogP contribution in [-0.2, 0) is 14.3 Å². The van der Waals surface area contributed by atoms with Crippen LogP contribution >= 0.6 is 0 Å². The van der Waals surface area contributed by atoms with Gasteiger partial charge in [0.1, 0.15) is 5.60 Å². The Morgan fingerprint density at radius 1 is 1.11 bits per heavy atom. The molecule has 0 aromatic heterocycles. The second kappa shape index (κ2) is 4.37. The Kier molecular flexibility index (Phi) is 3.17. The zero-order valence-electron chi connectivity index (χ0n) is 11.1. The molecule has 0 saturated carbocycles. The Bertz CT molecular complexity index is 372. The predicted octanol–water partition coefficient (Wildman–Crippen LogP) is 1.69. The second-order valence-corrected chi connectivity index (χ2v) is 5.93. The highest BCUT2D eigenvalue weighted by Gasteiger charge is 2.47. The fourth-order valence-corrected chi connectivity index (χ4v) is 2.59. The fourth-order valence-electron chi connectivity index (χ4n) is 2.59. The van der Waals surface area contributed by atoms with Gasteiger partial charge in [0.2, 0.25) is 0 Å². The smallest absolute Gasteiger partial charge is 0.411 e. The molecule has 2 aliphatic heterocycles. The third-order valence-electron chi connectivity index (χ3n) is 3.35. The monoisotopic (exact) mass is 253 g/mol. The number of piperidine rings is 2. The molecule has 0 aliphatic carbocycles. The topological polar surface area (TPSA) is 63.7 Å². The molecule has 2 aliphatic rings. The number of carbonyl (C=O) groups excluding carboxylic acids is 3. The molecule has 0 N–H and O–H groups in total. The number of carbonyl (C=O) groups is 3. The van der Waals surface area contributed by atoms with Crippen molar-refractivity contribution in [2.75, 3.05) is 0 Å². The number of rotatable bonds is 0. The van der Waals surface area contributed by atoms with E-state index in [1.165, 1.54) is 4.90 Å². The molecule has 2 heterocycles. The van der Waals surface area contributed by atoms with Crippen LogP contribution in [0.25, 0.3) is 0 Å². The van der Waals surface area contributed by atoms with Gasteiger partial charge < -0.3 is 4.74 Å². The fraction of sp³-hybridized carbons (Fsp3) is 0.769. The van der Waals surface area contributed by atoms with E-state index in [2.05, 4.69) is 0 Å². The lowest BCUT2D eigenvalue weighted by Gasteiger charge is -2.43. The largest absolute Gasteiger partial charge is 0.444 e. The molecule has 0 unspecified atom stereocenters. The highest BCUT2D eigenvalue weighted by molar-refractivity contribution is 5.97. The SMILES string of the molecule is CC(C)(C)OC(=O)N1[C@@H]2CCC(=O)[C@H]1CCC2=O. The Hall–Kier alpha value is -1.39. The van der Waals surface area contributed by atoms with E-state index in [-0.39, 0.29) is 11.6 Å². The van der Waals surface area contributed by atoms with Crippen LogP contribution < -0.4 is 0 Å². The van der Waals surface area contributed by atoms with Crippen molar-refractivity contribution in [2.45, 2.75) is 64.1 Å². The highest BCUT2D eigenvalue weighted by atomic mass is 16.6. The van der Waals surface area contributed by atoms with Gasteiger partial charge in [-0.2, -0.15) is 0 Å². The first kappa shape index (κ1) is 13.1. The normalized spacial score (nSPS) is 28.3. The molecule has 100 valence electrons. The average Bonchev–Trinajstić information content (AvgIpc) is 2.23. The lowest BCUT2D eigenvalue weighted by Crippen LogP contribution is -2.60. The van der Waals surface area contributed by atoms with Crippen LogP contribution in [-0.4, -0.2) is 40.2 Å². The number of ether oxygens (including phenoxy) is 1. The third kappa shape index (κ3) is 2.40. The molecule has 0 spiro atoms. The van der Waals surface area contributed by atoms with E-state index in [0.29, 0.717) is 25.7 Å². The van der Waals surface area contributed by atoms with Crippen molar-refractivity contribution in [3.63, 3.8) is 0 Å².